The number of fused-ring (bicyclic) bond motifs is 2. The van der Waals surface area contributed by atoms with Crippen molar-refractivity contribution in [3.63, 3.8) is 0 Å². The molecule has 0 nitrogen and oxygen atoms in total. The van der Waals surface area contributed by atoms with E-state index in [1.165, 1.54) is 52.8 Å². The molecule has 0 bridgehead atoms. The average Bonchev–Trinajstić information content (AvgIpc) is 3.54. The molecule has 0 aromatic heterocycles. The van der Waals surface area contributed by atoms with E-state index in [0.717, 1.165) is 0 Å². The van der Waals surface area contributed by atoms with Crippen LogP contribution in [0.5, 0.6) is 0 Å². The van der Waals surface area contributed by atoms with Gasteiger partial charge >= 0.3 is 214 Å². The smallest absolute Gasteiger partial charge is 0.147 e. The molecule has 0 N–H and O–H groups in total. The Kier molecular flexibility index (Phi) is 7.27. The molecule has 2 atom stereocenters. The van der Waals surface area contributed by atoms with Gasteiger partial charge in [-0.25, -0.2) is 0 Å². The van der Waals surface area contributed by atoms with Gasteiger partial charge in [0.15, 0.2) is 0 Å². The Labute approximate surface area is 237 Å². The summed E-state index contributed by atoms with van der Waals surface area (Å²) in [5, 5.41) is 0. The molecule has 0 amide bonds. The van der Waals surface area contributed by atoms with Crippen LogP contribution in [0.25, 0.3) is 34.4 Å². The Bertz CT molecular complexity index is 1400. The fourth-order valence-electron chi connectivity index (χ4n) is 6.85. The summed E-state index contributed by atoms with van der Waals surface area (Å²) in [6.07, 6.45) is 5.31. The maximum atomic E-state index is 2.65. The van der Waals surface area contributed by atoms with E-state index in [1.54, 1.807) is 0 Å². The van der Waals surface area contributed by atoms with E-state index >= 15 is 0 Å². The van der Waals surface area contributed by atoms with Gasteiger partial charge in [-0.3, -0.25) is 0 Å². The molecule has 186 valence electrons. The van der Waals surface area contributed by atoms with Crippen LogP contribution in [0, 0.1) is 0 Å². The first-order chi connectivity index (χ1) is 17.2. The molecule has 1 heterocycles. The number of allylic oxidation sites excluding steroid dienone is 2. The van der Waals surface area contributed by atoms with Crippen molar-refractivity contribution in [2.45, 2.75) is 33.9 Å². The Morgan fingerprint density at radius 3 is 1.30 bits per heavy atom. The first kappa shape index (κ1) is 26.4. The summed E-state index contributed by atoms with van der Waals surface area (Å²) < 4.78 is 6.63. The third-order valence-corrected chi connectivity index (χ3v) is 20.7. The summed E-state index contributed by atoms with van der Waals surface area (Å²) in [5.74, 6) is 1.11. The van der Waals surface area contributed by atoms with Gasteiger partial charge in [-0.1, -0.05) is 0 Å². The minimum atomic E-state index is -2.58. The van der Waals surface area contributed by atoms with Crippen LogP contribution in [0.4, 0.5) is 0 Å². The largest absolute Gasteiger partial charge is 0.147 e. The molecule has 4 aromatic carbocycles. The zero-order valence-corrected chi connectivity index (χ0v) is 25.4. The van der Waals surface area contributed by atoms with Gasteiger partial charge in [-0.2, -0.15) is 0 Å². The minimum absolute atomic E-state index is 0. The molecular weight excluding hydrogens is 571 g/mol. The van der Waals surface area contributed by atoms with Crippen molar-refractivity contribution >= 4 is 37.0 Å². The van der Waals surface area contributed by atoms with Gasteiger partial charge in [-0.15, -0.1) is 24.8 Å². The van der Waals surface area contributed by atoms with Crippen molar-refractivity contribution in [3.05, 3.63) is 126 Å². The molecule has 4 aromatic rings. The number of benzene rings is 4. The molecule has 3 aliphatic rings. The molecule has 0 spiro atoms. The molecule has 1 aliphatic heterocycles. The fourth-order valence-corrected chi connectivity index (χ4v) is 21.7. The van der Waals surface area contributed by atoms with Gasteiger partial charge in [0.25, 0.3) is 0 Å². The molecule has 0 unspecified atom stereocenters. The molecular formula is C34H32Cl2Zr. The molecule has 1 fully saturated rings. The van der Waals surface area contributed by atoms with Gasteiger partial charge in [0.1, 0.15) is 0 Å². The van der Waals surface area contributed by atoms with E-state index < -0.39 is 20.3 Å². The summed E-state index contributed by atoms with van der Waals surface area (Å²) in [7, 11) is 0. The van der Waals surface area contributed by atoms with Crippen LogP contribution in [0.1, 0.15) is 47.9 Å². The molecule has 0 saturated carbocycles. The first-order valence-corrected chi connectivity index (χ1v) is 18.9. The van der Waals surface area contributed by atoms with Crippen LogP contribution in [0.2, 0.25) is 8.26 Å². The Morgan fingerprint density at radius 1 is 0.514 bits per heavy atom. The zero-order chi connectivity index (χ0) is 23.6. The summed E-state index contributed by atoms with van der Waals surface area (Å²) >= 11 is -2.58. The minimum Gasteiger partial charge on any atom is -0.147 e. The molecule has 1 saturated heterocycles. The van der Waals surface area contributed by atoms with Crippen molar-refractivity contribution in [2.75, 3.05) is 0 Å². The van der Waals surface area contributed by atoms with Crippen LogP contribution in [-0.2, 0) is 20.3 Å². The van der Waals surface area contributed by atoms with Crippen molar-refractivity contribution in [3.8, 4) is 22.3 Å². The summed E-state index contributed by atoms with van der Waals surface area (Å²) in [6, 6.07) is 35.8. The fraction of sp³-hybridized carbons (Fsp3) is 0.176. The average molecular weight is 603 g/mol. The van der Waals surface area contributed by atoms with E-state index in [-0.39, 0.29) is 24.8 Å². The number of hydrogen-bond acceptors (Lipinski definition) is 0. The van der Waals surface area contributed by atoms with E-state index in [4.69, 9.17) is 0 Å². The molecule has 0 radical (unpaired) electrons. The summed E-state index contributed by atoms with van der Waals surface area (Å²) in [4.78, 5) is 0. The molecule has 37 heavy (non-hydrogen) atoms. The number of halogens is 2. The second-order valence-corrected chi connectivity index (χ2v) is 21.2. The van der Waals surface area contributed by atoms with Crippen molar-refractivity contribution in [1.82, 2.24) is 0 Å². The van der Waals surface area contributed by atoms with Crippen LogP contribution in [-0.4, -0.2) is 0 Å². The predicted molar refractivity (Wildman–Crippen MR) is 161 cm³/mol. The Hall–Kier alpha value is -2.18. The molecule has 2 aliphatic carbocycles. The van der Waals surface area contributed by atoms with Crippen molar-refractivity contribution in [2.24, 2.45) is 0 Å². The van der Waals surface area contributed by atoms with E-state index in [0.29, 0.717) is 11.8 Å². The van der Waals surface area contributed by atoms with Gasteiger partial charge in [0, 0.05) is 0 Å². The van der Waals surface area contributed by atoms with E-state index in [2.05, 4.69) is 123 Å². The van der Waals surface area contributed by atoms with Gasteiger partial charge in [-0.05, 0) is 0 Å². The van der Waals surface area contributed by atoms with E-state index in [9.17, 15) is 0 Å². The maximum Gasteiger partial charge on any atom is -0.147 e. The van der Waals surface area contributed by atoms with Gasteiger partial charge < -0.3 is 0 Å². The monoisotopic (exact) mass is 600 g/mol. The Balaban J connectivity index is 0.00000140. The van der Waals surface area contributed by atoms with Crippen molar-refractivity contribution < 1.29 is 20.3 Å². The summed E-state index contributed by atoms with van der Waals surface area (Å²) in [6.45, 7) is 4.96. The number of rotatable bonds is 4. The third kappa shape index (κ3) is 4.15. The quantitative estimate of drug-likeness (QED) is 0.218. The van der Waals surface area contributed by atoms with Crippen LogP contribution in [0.3, 0.4) is 0 Å². The third-order valence-electron chi connectivity index (χ3n) is 8.77. The summed E-state index contributed by atoms with van der Waals surface area (Å²) in [5.41, 5.74) is 11.5. The molecule has 3 heteroatoms. The van der Waals surface area contributed by atoms with Gasteiger partial charge in [0.2, 0.25) is 0 Å². The SMILES string of the molecule is C[C@@H]1[C]([Zr]2([C]3=Cc4c(-c5ccccc5)cccc4[C@H]3C)[CH2][CH2]2)=Cc2c(-c3ccccc3)cccc21.Cl.Cl. The van der Waals surface area contributed by atoms with Crippen molar-refractivity contribution in [1.29, 1.82) is 0 Å². The normalized spacial score (nSPS) is 20.1. The second kappa shape index (κ2) is 10.2. The standard InChI is InChI=1S/2C16H13.C2H4.2ClH.Zr/c2*1-12-10-11-16-14(12)8-5-9-15(16)13-6-3-2-4-7-13;1-2;;;/h2*2-9,11-12H,1H3;1-2H2;2*1H;/t2*12-;;;;/m10..../s1. The second-order valence-electron chi connectivity index (χ2n) is 10.6. The zero-order valence-electron chi connectivity index (χ0n) is 21.3. The maximum absolute atomic E-state index is 2.65. The van der Waals surface area contributed by atoms with Crippen LogP contribution < -0.4 is 0 Å². The van der Waals surface area contributed by atoms with Gasteiger partial charge in [0.05, 0.1) is 0 Å². The van der Waals surface area contributed by atoms with Crippen LogP contribution in [0.15, 0.2) is 104 Å². The predicted octanol–water partition coefficient (Wildman–Crippen LogP) is 10.5. The Morgan fingerprint density at radius 2 is 0.919 bits per heavy atom. The topological polar surface area (TPSA) is 0 Å². The van der Waals surface area contributed by atoms with Crippen LogP contribution >= 0.6 is 24.8 Å². The first-order valence-electron chi connectivity index (χ1n) is 13.0. The number of hydrogen-bond donors (Lipinski definition) is 0. The molecule has 7 rings (SSSR count). The van der Waals surface area contributed by atoms with E-state index in [1.807, 2.05) is 6.56 Å².